The Hall–Kier alpha value is -0.960. The van der Waals surface area contributed by atoms with Crippen molar-refractivity contribution in [2.24, 2.45) is 0 Å². The summed E-state index contributed by atoms with van der Waals surface area (Å²) in [7, 11) is 0. The van der Waals surface area contributed by atoms with Crippen molar-refractivity contribution >= 4 is 0 Å². The quantitative estimate of drug-likeness (QED) is 0.661. The Bertz CT molecular complexity index is 199. The lowest BCUT2D eigenvalue weighted by Gasteiger charge is -2.01. The number of alkyl halides is 2. The van der Waals surface area contributed by atoms with E-state index in [4.69, 9.17) is 0 Å². The first-order chi connectivity index (χ1) is 5.29. The van der Waals surface area contributed by atoms with Crippen LogP contribution < -0.4 is 5.32 Å². The zero-order valence-electron chi connectivity index (χ0n) is 5.93. The molecule has 0 saturated carbocycles. The molecule has 1 aromatic carbocycles. The molecule has 0 aliphatic rings. The van der Waals surface area contributed by atoms with E-state index in [2.05, 4.69) is 0 Å². The monoisotopic (exact) mass is 157 g/mol. The number of benzene rings is 1. The molecule has 1 N–H and O–H groups in total. The van der Waals surface area contributed by atoms with Gasteiger partial charge in [0.15, 0.2) is 0 Å². The van der Waals surface area contributed by atoms with Gasteiger partial charge >= 0.3 is 0 Å². The van der Waals surface area contributed by atoms with Gasteiger partial charge < -0.3 is 0 Å². The van der Waals surface area contributed by atoms with Crippen LogP contribution in [0.4, 0.5) is 8.78 Å². The molecule has 0 heterocycles. The molecule has 0 fully saturated rings. The van der Waals surface area contributed by atoms with Gasteiger partial charge in [-0.3, -0.25) is 5.32 Å². The molecule has 0 saturated heterocycles. The Kier molecular flexibility index (Phi) is 2.98. The zero-order chi connectivity index (χ0) is 8.10. The standard InChI is InChI=1S/C8H9F2N/c9-8(10)11-6-7-4-2-1-3-5-7/h1-5,8,11H,6H2. The van der Waals surface area contributed by atoms with Crippen LogP contribution in [0, 0.1) is 0 Å². The van der Waals surface area contributed by atoms with Crippen molar-refractivity contribution in [2.45, 2.75) is 13.1 Å². The summed E-state index contributed by atoms with van der Waals surface area (Å²) in [6, 6.07) is 9.10. The minimum absolute atomic E-state index is 0.221. The molecule has 1 aromatic rings. The van der Waals surface area contributed by atoms with Crippen molar-refractivity contribution in [1.82, 2.24) is 5.32 Å². The van der Waals surface area contributed by atoms with E-state index in [0.29, 0.717) is 0 Å². The van der Waals surface area contributed by atoms with Crippen molar-refractivity contribution in [3.8, 4) is 0 Å². The van der Waals surface area contributed by atoms with Gasteiger partial charge in [-0.05, 0) is 5.56 Å². The third-order valence-corrected chi connectivity index (χ3v) is 1.30. The normalized spacial score (nSPS) is 10.5. The molecule has 3 heteroatoms. The summed E-state index contributed by atoms with van der Waals surface area (Å²) in [5.41, 5.74) is 0.868. The third kappa shape index (κ3) is 3.09. The molecular formula is C8H9F2N. The molecule has 0 amide bonds. The molecule has 1 nitrogen and oxygen atoms in total. The summed E-state index contributed by atoms with van der Waals surface area (Å²) in [5, 5.41) is 2.03. The van der Waals surface area contributed by atoms with Crippen molar-refractivity contribution in [2.75, 3.05) is 0 Å². The molecule has 0 aliphatic carbocycles. The Morgan fingerprint density at radius 2 is 1.82 bits per heavy atom. The number of nitrogens with one attached hydrogen (secondary N) is 1. The molecule has 11 heavy (non-hydrogen) atoms. The lowest BCUT2D eigenvalue weighted by molar-refractivity contribution is 0.106. The Labute approximate surface area is 64.0 Å². The first kappa shape index (κ1) is 8.14. The molecule has 0 aromatic heterocycles. The fraction of sp³-hybridized carbons (Fsp3) is 0.250. The average Bonchev–Trinajstić information content (AvgIpc) is 2.03. The van der Waals surface area contributed by atoms with Crippen LogP contribution in [0.3, 0.4) is 0 Å². The highest BCUT2D eigenvalue weighted by Crippen LogP contribution is 1.98. The number of hydrogen-bond acceptors (Lipinski definition) is 1. The van der Waals surface area contributed by atoms with E-state index in [0.717, 1.165) is 5.56 Å². The van der Waals surface area contributed by atoms with Gasteiger partial charge in [0.25, 0.3) is 6.55 Å². The van der Waals surface area contributed by atoms with Crippen molar-refractivity contribution < 1.29 is 8.78 Å². The van der Waals surface area contributed by atoms with Gasteiger partial charge in [-0.25, -0.2) is 0 Å². The maximum atomic E-state index is 11.6. The van der Waals surface area contributed by atoms with Gasteiger partial charge in [0.05, 0.1) is 0 Å². The second kappa shape index (κ2) is 4.03. The van der Waals surface area contributed by atoms with Gasteiger partial charge in [-0.1, -0.05) is 30.3 Å². The molecule has 1 rings (SSSR count). The van der Waals surface area contributed by atoms with E-state index in [1.807, 2.05) is 23.5 Å². The smallest absolute Gasteiger partial charge is 0.257 e. The number of hydrogen-bond donors (Lipinski definition) is 1. The first-order valence-electron chi connectivity index (χ1n) is 3.34. The topological polar surface area (TPSA) is 12.0 Å². The number of rotatable bonds is 3. The van der Waals surface area contributed by atoms with Crippen molar-refractivity contribution in [1.29, 1.82) is 0 Å². The van der Waals surface area contributed by atoms with E-state index in [9.17, 15) is 8.78 Å². The Balaban J connectivity index is 2.39. The van der Waals surface area contributed by atoms with Gasteiger partial charge in [-0.15, -0.1) is 0 Å². The molecule has 0 bridgehead atoms. The van der Waals surface area contributed by atoms with Gasteiger partial charge in [0, 0.05) is 6.54 Å². The van der Waals surface area contributed by atoms with Crippen LogP contribution in [0.1, 0.15) is 5.56 Å². The van der Waals surface area contributed by atoms with Crippen LogP contribution in [-0.4, -0.2) is 6.55 Å². The number of halogens is 2. The van der Waals surface area contributed by atoms with E-state index < -0.39 is 6.55 Å². The summed E-state index contributed by atoms with van der Waals surface area (Å²) in [6.07, 6.45) is 0. The average molecular weight is 157 g/mol. The molecule has 0 unspecified atom stereocenters. The Morgan fingerprint density at radius 1 is 1.18 bits per heavy atom. The molecule has 60 valence electrons. The highest BCUT2D eigenvalue weighted by Gasteiger charge is 1.98. The van der Waals surface area contributed by atoms with Crippen LogP contribution in [0.25, 0.3) is 0 Å². The highest BCUT2D eigenvalue weighted by atomic mass is 19.3. The van der Waals surface area contributed by atoms with Crippen molar-refractivity contribution in [3.05, 3.63) is 35.9 Å². The van der Waals surface area contributed by atoms with Crippen LogP contribution in [0.2, 0.25) is 0 Å². The second-order valence-electron chi connectivity index (χ2n) is 2.17. The van der Waals surface area contributed by atoms with Crippen molar-refractivity contribution in [3.63, 3.8) is 0 Å². The van der Waals surface area contributed by atoms with Crippen LogP contribution in [0.5, 0.6) is 0 Å². The summed E-state index contributed by atoms with van der Waals surface area (Å²) >= 11 is 0. The minimum Gasteiger partial charge on any atom is -0.257 e. The summed E-state index contributed by atoms with van der Waals surface area (Å²) in [5.74, 6) is 0. The summed E-state index contributed by atoms with van der Waals surface area (Å²) in [4.78, 5) is 0. The van der Waals surface area contributed by atoms with Gasteiger partial charge in [0.1, 0.15) is 0 Å². The van der Waals surface area contributed by atoms with E-state index in [1.54, 1.807) is 12.1 Å². The predicted octanol–water partition coefficient (Wildman–Crippen LogP) is 2.00. The Morgan fingerprint density at radius 3 is 2.36 bits per heavy atom. The largest absolute Gasteiger partial charge is 0.292 e. The van der Waals surface area contributed by atoms with Gasteiger partial charge in [-0.2, -0.15) is 8.78 Å². The molecule has 0 aliphatic heterocycles. The molecular weight excluding hydrogens is 148 g/mol. The maximum Gasteiger partial charge on any atom is 0.292 e. The molecule has 0 atom stereocenters. The molecule has 0 spiro atoms. The third-order valence-electron chi connectivity index (χ3n) is 1.30. The summed E-state index contributed by atoms with van der Waals surface area (Å²) in [6.45, 7) is -2.21. The lowest BCUT2D eigenvalue weighted by atomic mass is 10.2. The maximum absolute atomic E-state index is 11.6. The highest BCUT2D eigenvalue weighted by molar-refractivity contribution is 5.14. The fourth-order valence-corrected chi connectivity index (χ4v) is 0.791. The van der Waals surface area contributed by atoms with Crippen LogP contribution in [-0.2, 0) is 6.54 Å². The van der Waals surface area contributed by atoms with E-state index in [1.165, 1.54) is 0 Å². The summed E-state index contributed by atoms with van der Waals surface area (Å²) < 4.78 is 23.2. The minimum atomic E-state index is -2.43. The fourth-order valence-electron chi connectivity index (χ4n) is 0.791. The SMILES string of the molecule is FC(F)NCc1ccccc1. The van der Waals surface area contributed by atoms with Gasteiger partial charge in [0.2, 0.25) is 0 Å². The van der Waals surface area contributed by atoms with E-state index >= 15 is 0 Å². The van der Waals surface area contributed by atoms with Crippen LogP contribution in [0.15, 0.2) is 30.3 Å². The first-order valence-corrected chi connectivity index (χ1v) is 3.34. The second-order valence-corrected chi connectivity index (χ2v) is 2.17. The van der Waals surface area contributed by atoms with E-state index in [-0.39, 0.29) is 6.54 Å². The predicted molar refractivity (Wildman–Crippen MR) is 39.3 cm³/mol. The zero-order valence-corrected chi connectivity index (χ0v) is 5.93. The molecule has 0 radical (unpaired) electrons. The van der Waals surface area contributed by atoms with Crippen LogP contribution >= 0.6 is 0 Å². The lowest BCUT2D eigenvalue weighted by Crippen LogP contribution is -2.19.